The van der Waals surface area contributed by atoms with Gasteiger partial charge in [-0.15, -0.1) is 0 Å². The van der Waals surface area contributed by atoms with Crippen LogP contribution in [0.15, 0.2) is 58.3 Å². The van der Waals surface area contributed by atoms with E-state index in [9.17, 15) is 26.4 Å². The molecule has 2 heterocycles. The van der Waals surface area contributed by atoms with E-state index in [4.69, 9.17) is 9.47 Å². The first-order valence-electron chi connectivity index (χ1n) is 15.1. The van der Waals surface area contributed by atoms with Gasteiger partial charge < -0.3 is 20.1 Å². The highest BCUT2D eigenvalue weighted by molar-refractivity contribution is 7.89. The molecule has 3 aliphatic rings. The van der Waals surface area contributed by atoms with Crippen LogP contribution in [0.2, 0.25) is 0 Å². The summed E-state index contributed by atoms with van der Waals surface area (Å²) in [5, 5.41) is 5.71. The highest BCUT2D eigenvalue weighted by atomic mass is 32.2. The zero-order valence-electron chi connectivity index (χ0n) is 24.5. The van der Waals surface area contributed by atoms with Crippen molar-refractivity contribution in [3.8, 4) is 0 Å². The molecule has 44 heavy (non-hydrogen) atoms. The third kappa shape index (κ3) is 8.64. The Balaban J connectivity index is 1.05. The third-order valence-electron chi connectivity index (χ3n) is 8.38. The number of hydrogen-bond donors (Lipinski definition) is 4. The monoisotopic (exact) mass is 648 g/mol. The molecule has 4 N–H and O–H groups in total. The molecule has 5 rings (SSSR count). The van der Waals surface area contributed by atoms with Crippen LogP contribution >= 0.6 is 0 Å². The molecule has 14 heteroatoms. The number of rotatable bonds is 12. The quantitative estimate of drug-likeness (QED) is 0.272. The minimum atomic E-state index is -3.68. The minimum absolute atomic E-state index is 0.105. The molecule has 0 spiro atoms. The summed E-state index contributed by atoms with van der Waals surface area (Å²) in [6.07, 6.45) is 5.46. The lowest BCUT2D eigenvalue weighted by Gasteiger charge is -2.27. The molecule has 1 saturated carbocycles. The second kappa shape index (κ2) is 14.5. The lowest BCUT2D eigenvalue weighted by Crippen LogP contribution is -2.32. The minimum Gasteiger partial charge on any atom is -0.377 e. The highest BCUT2D eigenvalue weighted by Crippen LogP contribution is 2.31. The number of nitrogens with one attached hydrogen (secondary N) is 4. The van der Waals surface area contributed by atoms with Gasteiger partial charge in [-0.3, -0.25) is 9.59 Å². The van der Waals surface area contributed by atoms with E-state index in [1.165, 1.54) is 24.3 Å². The molecule has 2 aromatic rings. The van der Waals surface area contributed by atoms with Gasteiger partial charge in [-0.05, 0) is 99.9 Å². The van der Waals surface area contributed by atoms with Gasteiger partial charge in [0.1, 0.15) is 0 Å². The Bertz CT molecular complexity index is 1380. The lowest BCUT2D eigenvalue weighted by molar-refractivity contribution is -0.125. The molecule has 2 aromatic carbocycles. The molecule has 12 nitrogen and oxygen atoms in total. The van der Waals surface area contributed by atoms with Crippen molar-refractivity contribution < 1.29 is 35.9 Å². The van der Waals surface area contributed by atoms with Crippen LogP contribution in [0.4, 0.5) is 11.4 Å². The standard InChI is InChI=1S/C30H40N4O8S2/c35-29(33-23-9-13-27(14-10-23)43(37,38)31-19-25-3-1-17-41-25)21-5-7-22(8-6-21)30(36)34-24-11-15-28(16-12-24)44(39,40)32-20-26-4-2-18-42-26/h9-16,21-22,25-26,31-32H,1-8,17-20H2,(H,33,35)(H,34,36). The maximum absolute atomic E-state index is 12.9. The highest BCUT2D eigenvalue weighted by Gasteiger charge is 2.30. The molecule has 3 fully saturated rings. The molecule has 2 atom stereocenters. The summed E-state index contributed by atoms with van der Waals surface area (Å²) in [4.78, 5) is 26.0. The summed E-state index contributed by atoms with van der Waals surface area (Å²) in [6, 6.07) is 12.1. The predicted octanol–water partition coefficient (Wildman–Crippen LogP) is 2.98. The SMILES string of the molecule is O=C(Nc1ccc(S(=O)(=O)NCC2CCCO2)cc1)C1CCC(C(=O)Nc2ccc(S(=O)(=O)NCC3CCCO3)cc2)CC1. The fraction of sp³-hybridized carbons (Fsp3) is 0.533. The summed E-state index contributed by atoms with van der Waals surface area (Å²) >= 11 is 0. The van der Waals surface area contributed by atoms with Gasteiger partial charge in [-0.2, -0.15) is 0 Å². The smallest absolute Gasteiger partial charge is 0.240 e. The van der Waals surface area contributed by atoms with Crippen molar-refractivity contribution in [2.45, 2.75) is 73.4 Å². The summed E-state index contributed by atoms with van der Waals surface area (Å²) in [5.41, 5.74) is 1.00. The van der Waals surface area contributed by atoms with Crippen LogP contribution in [0.1, 0.15) is 51.4 Å². The van der Waals surface area contributed by atoms with Crippen LogP contribution in [0, 0.1) is 11.8 Å². The Hall–Kier alpha value is -2.88. The van der Waals surface area contributed by atoms with Crippen LogP contribution in [0.5, 0.6) is 0 Å². The van der Waals surface area contributed by atoms with Gasteiger partial charge in [-0.25, -0.2) is 26.3 Å². The van der Waals surface area contributed by atoms with E-state index in [1.807, 2.05) is 0 Å². The van der Waals surface area contributed by atoms with E-state index in [-0.39, 0.29) is 58.7 Å². The van der Waals surface area contributed by atoms with Crippen LogP contribution in [-0.2, 0) is 39.1 Å². The number of benzene rings is 2. The van der Waals surface area contributed by atoms with Crippen LogP contribution in [-0.4, -0.2) is 67.2 Å². The first kappa shape index (κ1) is 32.5. The Kier molecular flexibility index (Phi) is 10.7. The Morgan fingerprint density at radius 1 is 0.591 bits per heavy atom. The molecule has 2 unspecified atom stereocenters. The fourth-order valence-corrected chi connectivity index (χ4v) is 7.86. The molecule has 2 saturated heterocycles. The van der Waals surface area contributed by atoms with E-state index in [2.05, 4.69) is 20.1 Å². The van der Waals surface area contributed by atoms with Gasteiger partial charge in [0.25, 0.3) is 0 Å². The fourth-order valence-electron chi connectivity index (χ4n) is 5.72. The topological polar surface area (TPSA) is 169 Å². The van der Waals surface area contributed by atoms with Crippen molar-refractivity contribution >= 4 is 43.2 Å². The first-order valence-corrected chi connectivity index (χ1v) is 18.1. The normalized spacial score (nSPS) is 24.2. The number of hydrogen-bond acceptors (Lipinski definition) is 8. The maximum atomic E-state index is 12.9. The number of ether oxygens (including phenoxy) is 2. The molecule has 2 amide bonds. The molecule has 1 aliphatic carbocycles. The molecule has 0 radical (unpaired) electrons. The van der Waals surface area contributed by atoms with Crippen molar-refractivity contribution in [3.05, 3.63) is 48.5 Å². The second-order valence-corrected chi connectivity index (χ2v) is 15.1. The van der Waals surface area contributed by atoms with Crippen molar-refractivity contribution in [1.29, 1.82) is 0 Å². The lowest BCUT2D eigenvalue weighted by atomic mass is 9.81. The molecule has 0 aromatic heterocycles. The number of sulfonamides is 2. The summed E-state index contributed by atoms with van der Waals surface area (Å²) < 4.78 is 66.4. The number of carbonyl (C=O) groups excluding carboxylic acids is 2. The predicted molar refractivity (Wildman–Crippen MR) is 164 cm³/mol. The van der Waals surface area contributed by atoms with E-state index < -0.39 is 20.0 Å². The summed E-state index contributed by atoms with van der Waals surface area (Å²) in [7, 11) is -7.36. The van der Waals surface area contributed by atoms with E-state index in [0.717, 1.165) is 25.7 Å². The average Bonchev–Trinajstić information content (AvgIpc) is 3.75. The summed E-state index contributed by atoms with van der Waals surface area (Å²) in [5.74, 6) is -0.855. The van der Waals surface area contributed by atoms with Gasteiger partial charge >= 0.3 is 0 Å². The number of carbonyl (C=O) groups is 2. The van der Waals surface area contributed by atoms with Crippen molar-refractivity contribution in [2.24, 2.45) is 11.8 Å². The second-order valence-electron chi connectivity index (χ2n) is 11.5. The largest absolute Gasteiger partial charge is 0.377 e. The molecular weight excluding hydrogens is 608 g/mol. The Labute approximate surface area is 258 Å². The van der Waals surface area contributed by atoms with Crippen LogP contribution < -0.4 is 20.1 Å². The Morgan fingerprint density at radius 2 is 0.955 bits per heavy atom. The van der Waals surface area contributed by atoms with E-state index in [1.54, 1.807) is 24.3 Å². The van der Waals surface area contributed by atoms with Crippen LogP contribution in [0.3, 0.4) is 0 Å². The molecule has 240 valence electrons. The number of anilines is 2. The Morgan fingerprint density at radius 3 is 1.27 bits per heavy atom. The molecule has 2 aliphatic heterocycles. The van der Waals surface area contributed by atoms with E-state index in [0.29, 0.717) is 50.3 Å². The maximum Gasteiger partial charge on any atom is 0.240 e. The van der Waals surface area contributed by atoms with Gasteiger partial charge in [-0.1, -0.05) is 0 Å². The van der Waals surface area contributed by atoms with Gasteiger partial charge in [0.2, 0.25) is 31.9 Å². The molecular formula is C30H40N4O8S2. The number of amides is 2. The van der Waals surface area contributed by atoms with Gasteiger partial charge in [0, 0.05) is 49.5 Å². The van der Waals surface area contributed by atoms with Crippen molar-refractivity contribution in [3.63, 3.8) is 0 Å². The summed E-state index contributed by atoms with van der Waals surface area (Å²) in [6.45, 7) is 1.75. The third-order valence-corrected chi connectivity index (χ3v) is 11.3. The van der Waals surface area contributed by atoms with E-state index >= 15 is 0 Å². The van der Waals surface area contributed by atoms with Gasteiger partial charge in [0.05, 0.1) is 22.0 Å². The van der Waals surface area contributed by atoms with Crippen molar-refractivity contribution in [2.75, 3.05) is 36.9 Å². The van der Waals surface area contributed by atoms with Crippen molar-refractivity contribution in [1.82, 2.24) is 9.44 Å². The average molecular weight is 649 g/mol. The van der Waals surface area contributed by atoms with Gasteiger partial charge in [0.15, 0.2) is 0 Å². The zero-order valence-corrected chi connectivity index (χ0v) is 26.1. The zero-order chi connectivity index (χ0) is 31.2. The van der Waals surface area contributed by atoms with Crippen LogP contribution in [0.25, 0.3) is 0 Å². The molecule has 0 bridgehead atoms. The first-order chi connectivity index (χ1) is 21.1.